The summed E-state index contributed by atoms with van der Waals surface area (Å²) in [6, 6.07) is 8.75. The predicted octanol–water partition coefficient (Wildman–Crippen LogP) is 0.559. The lowest BCUT2D eigenvalue weighted by Crippen LogP contribution is -2.37. The van der Waals surface area contributed by atoms with Crippen LogP contribution in [0.3, 0.4) is 0 Å². The Kier molecular flexibility index (Phi) is 4.52. The van der Waals surface area contributed by atoms with Crippen molar-refractivity contribution in [3.63, 3.8) is 0 Å². The van der Waals surface area contributed by atoms with E-state index in [0.717, 1.165) is 5.56 Å². The van der Waals surface area contributed by atoms with Gasteiger partial charge >= 0.3 is 0 Å². The number of hydrogen-bond donors (Lipinski definition) is 1. The second-order valence-corrected chi connectivity index (χ2v) is 4.68. The fourth-order valence-corrected chi connectivity index (χ4v) is 2.38. The standard InChI is InChI=1S/C14H20N2O3/c1-18-11-8-16(9-12(11)19-2)14(17)13(15)10-6-4-3-5-7-10/h3-7,11-13H,8-9,15H2,1-2H3/t11?,12?,13-/m1/s1. The second-order valence-electron chi connectivity index (χ2n) is 4.68. The molecule has 1 fully saturated rings. The van der Waals surface area contributed by atoms with Crippen LogP contribution in [0.25, 0.3) is 0 Å². The molecular weight excluding hydrogens is 244 g/mol. The highest BCUT2D eigenvalue weighted by Gasteiger charge is 2.37. The first-order valence-corrected chi connectivity index (χ1v) is 6.32. The Morgan fingerprint density at radius 2 is 1.74 bits per heavy atom. The van der Waals surface area contributed by atoms with Crippen molar-refractivity contribution >= 4 is 5.91 Å². The number of rotatable bonds is 4. The number of methoxy groups -OCH3 is 2. The van der Waals surface area contributed by atoms with E-state index in [0.29, 0.717) is 13.1 Å². The third-order valence-corrected chi connectivity index (χ3v) is 3.56. The molecule has 0 radical (unpaired) electrons. The summed E-state index contributed by atoms with van der Waals surface area (Å²) in [6.45, 7) is 1.04. The molecule has 0 bridgehead atoms. The lowest BCUT2D eigenvalue weighted by Gasteiger charge is -2.20. The van der Waals surface area contributed by atoms with Crippen molar-refractivity contribution in [3.05, 3.63) is 35.9 Å². The van der Waals surface area contributed by atoms with Gasteiger partial charge in [0.25, 0.3) is 0 Å². The maximum Gasteiger partial charge on any atom is 0.244 e. The molecular formula is C14H20N2O3. The first-order chi connectivity index (χ1) is 9.17. The lowest BCUT2D eigenvalue weighted by atomic mass is 10.1. The zero-order valence-corrected chi connectivity index (χ0v) is 11.3. The van der Waals surface area contributed by atoms with Gasteiger partial charge in [0.15, 0.2) is 0 Å². The van der Waals surface area contributed by atoms with Gasteiger partial charge in [-0.1, -0.05) is 30.3 Å². The Hall–Kier alpha value is -1.43. The maximum atomic E-state index is 12.4. The number of likely N-dealkylation sites (tertiary alicyclic amines) is 1. The Balaban J connectivity index is 2.05. The molecule has 2 rings (SSSR count). The molecule has 1 saturated heterocycles. The van der Waals surface area contributed by atoms with E-state index in [9.17, 15) is 4.79 Å². The SMILES string of the molecule is COC1CN(C(=O)[C@H](N)c2ccccc2)CC1OC. The second kappa shape index (κ2) is 6.14. The van der Waals surface area contributed by atoms with Gasteiger partial charge in [-0.15, -0.1) is 0 Å². The highest BCUT2D eigenvalue weighted by molar-refractivity contribution is 5.83. The summed E-state index contributed by atoms with van der Waals surface area (Å²) >= 11 is 0. The summed E-state index contributed by atoms with van der Waals surface area (Å²) < 4.78 is 10.6. The van der Waals surface area contributed by atoms with Crippen LogP contribution in [0.2, 0.25) is 0 Å². The summed E-state index contributed by atoms with van der Waals surface area (Å²) in [5, 5.41) is 0. The molecule has 5 nitrogen and oxygen atoms in total. The fraction of sp³-hybridized carbons (Fsp3) is 0.500. The van der Waals surface area contributed by atoms with Crippen LogP contribution < -0.4 is 5.73 Å². The zero-order valence-electron chi connectivity index (χ0n) is 11.3. The quantitative estimate of drug-likeness (QED) is 0.863. The number of amides is 1. The summed E-state index contributed by atoms with van der Waals surface area (Å²) in [4.78, 5) is 14.1. The van der Waals surface area contributed by atoms with Crippen LogP contribution in [0.4, 0.5) is 0 Å². The maximum absolute atomic E-state index is 12.4. The molecule has 2 N–H and O–H groups in total. The van der Waals surface area contributed by atoms with Crippen molar-refractivity contribution in [2.45, 2.75) is 18.2 Å². The van der Waals surface area contributed by atoms with Crippen molar-refractivity contribution < 1.29 is 14.3 Å². The van der Waals surface area contributed by atoms with Crippen LogP contribution in [0, 0.1) is 0 Å². The van der Waals surface area contributed by atoms with Crippen molar-refractivity contribution in [2.24, 2.45) is 5.73 Å². The van der Waals surface area contributed by atoms with Crippen LogP contribution in [0.15, 0.2) is 30.3 Å². The topological polar surface area (TPSA) is 64.8 Å². The highest BCUT2D eigenvalue weighted by atomic mass is 16.5. The van der Waals surface area contributed by atoms with Crippen LogP contribution in [-0.2, 0) is 14.3 Å². The van der Waals surface area contributed by atoms with Crippen LogP contribution in [0.5, 0.6) is 0 Å². The van der Waals surface area contributed by atoms with Crippen molar-refractivity contribution in [1.82, 2.24) is 4.90 Å². The molecule has 1 aromatic rings. The van der Waals surface area contributed by atoms with Crippen LogP contribution in [-0.4, -0.2) is 50.3 Å². The van der Waals surface area contributed by atoms with Gasteiger partial charge in [-0.05, 0) is 5.56 Å². The molecule has 2 unspecified atom stereocenters. The molecule has 0 aliphatic carbocycles. The molecule has 1 heterocycles. The molecule has 0 aromatic heterocycles. The molecule has 5 heteroatoms. The number of carbonyl (C=O) groups excluding carboxylic acids is 1. The molecule has 0 saturated carbocycles. The van der Waals surface area contributed by atoms with E-state index in [4.69, 9.17) is 15.2 Å². The van der Waals surface area contributed by atoms with E-state index in [-0.39, 0.29) is 18.1 Å². The Morgan fingerprint density at radius 3 is 2.21 bits per heavy atom. The van der Waals surface area contributed by atoms with Crippen molar-refractivity contribution in [2.75, 3.05) is 27.3 Å². The van der Waals surface area contributed by atoms with E-state index in [2.05, 4.69) is 0 Å². The third kappa shape index (κ3) is 2.94. The van der Waals surface area contributed by atoms with E-state index in [1.54, 1.807) is 19.1 Å². The van der Waals surface area contributed by atoms with E-state index >= 15 is 0 Å². The van der Waals surface area contributed by atoms with E-state index < -0.39 is 6.04 Å². The first-order valence-electron chi connectivity index (χ1n) is 6.32. The minimum atomic E-state index is -0.630. The number of hydrogen-bond acceptors (Lipinski definition) is 4. The summed E-state index contributed by atoms with van der Waals surface area (Å²) in [7, 11) is 3.25. The summed E-state index contributed by atoms with van der Waals surface area (Å²) in [5.74, 6) is -0.0900. The zero-order chi connectivity index (χ0) is 13.8. The van der Waals surface area contributed by atoms with Gasteiger partial charge < -0.3 is 20.1 Å². The van der Waals surface area contributed by atoms with E-state index in [1.807, 2.05) is 30.3 Å². The summed E-state index contributed by atoms with van der Waals surface area (Å²) in [5.41, 5.74) is 6.84. The molecule has 0 spiro atoms. The van der Waals surface area contributed by atoms with Gasteiger partial charge in [-0.2, -0.15) is 0 Å². The number of nitrogens with zero attached hydrogens (tertiary/aromatic N) is 1. The van der Waals surface area contributed by atoms with Gasteiger partial charge in [0.1, 0.15) is 18.2 Å². The minimum Gasteiger partial charge on any atom is -0.377 e. The van der Waals surface area contributed by atoms with Crippen molar-refractivity contribution in [3.8, 4) is 0 Å². The Bertz CT molecular complexity index is 412. The summed E-state index contributed by atoms with van der Waals surface area (Å²) in [6.07, 6.45) is -0.172. The number of nitrogens with two attached hydrogens (primary N) is 1. The van der Waals surface area contributed by atoms with Crippen molar-refractivity contribution in [1.29, 1.82) is 0 Å². The van der Waals surface area contributed by atoms with Crippen LogP contribution in [0.1, 0.15) is 11.6 Å². The molecule has 3 atom stereocenters. The third-order valence-electron chi connectivity index (χ3n) is 3.56. The van der Waals surface area contributed by atoms with Gasteiger partial charge in [0.05, 0.1) is 0 Å². The highest BCUT2D eigenvalue weighted by Crippen LogP contribution is 2.20. The molecule has 19 heavy (non-hydrogen) atoms. The van der Waals surface area contributed by atoms with Gasteiger partial charge in [-0.25, -0.2) is 0 Å². The monoisotopic (exact) mass is 264 g/mol. The predicted molar refractivity (Wildman–Crippen MR) is 71.5 cm³/mol. The number of ether oxygens (including phenoxy) is 2. The largest absolute Gasteiger partial charge is 0.377 e. The average Bonchev–Trinajstić information content (AvgIpc) is 2.89. The van der Waals surface area contributed by atoms with Gasteiger partial charge in [0.2, 0.25) is 5.91 Å². The smallest absolute Gasteiger partial charge is 0.244 e. The van der Waals surface area contributed by atoms with Gasteiger partial charge in [0, 0.05) is 27.3 Å². The Morgan fingerprint density at radius 1 is 1.21 bits per heavy atom. The van der Waals surface area contributed by atoms with Crippen LogP contribution >= 0.6 is 0 Å². The molecule has 1 aliphatic heterocycles. The number of benzene rings is 1. The average molecular weight is 264 g/mol. The normalized spacial score (nSPS) is 24.5. The fourth-order valence-electron chi connectivity index (χ4n) is 2.38. The first kappa shape index (κ1) is 14.0. The molecule has 1 aromatic carbocycles. The minimum absolute atomic E-state index is 0.0862. The van der Waals surface area contributed by atoms with E-state index in [1.165, 1.54) is 0 Å². The lowest BCUT2D eigenvalue weighted by molar-refractivity contribution is -0.132. The number of carbonyl (C=O) groups is 1. The molecule has 104 valence electrons. The molecule has 1 aliphatic rings. The van der Waals surface area contributed by atoms with Gasteiger partial charge in [-0.3, -0.25) is 4.79 Å². The Labute approximate surface area is 113 Å². The molecule has 1 amide bonds.